The van der Waals surface area contributed by atoms with Gasteiger partial charge in [-0.1, -0.05) is 12.1 Å². The van der Waals surface area contributed by atoms with Crippen LogP contribution in [0.15, 0.2) is 24.3 Å². The number of ether oxygens (including phenoxy) is 2. The lowest BCUT2D eigenvalue weighted by Crippen LogP contribution is -2.33. The number of likely N-dealkylation sites (N-methyl/N-ethyl adjacent to an activating group) is 1. The summed E-state index contributed by atoms with van der Waals surface area (Å²) in [7, 11) is 3.32. The van der Waals surface area contributed by atoms with Crippen molar-refractivity contribution in [3.05, 3.63) is 29.8 Å². The minimum Gasteiger partial charge on any atom is -0.508 e. The van der Waals surface area contributed by atoms with E-state index >= 15 is 0 Å². The average Bonchev–Trinajstić information content (AvgIpc) is 2.42. The Balaban J connectivity index is 2.49. The van der Waals surface area contributed by atoms with Crippen LogP contribution in [0.4, 0.5) is 0 Å². The molecule has 0 bridgehead atoms. The van der Waals surface area contributed by atoms with E-state index in [-0.39, 0.29) is 24.3 Å². The van der Waals surface area contributed by atoms with E-state index in [1.54, 1.807) is 43.3 Å². The standard InChI is InChI=1S/C14H21NO4/c1-11(12-4-6-13(16)7-5-12)15(2)14(17)10-19-9-8-18-3/h4-7,11,16H,8-10H2,1-3H3. The second-order valence-electron chi connectivity index (χ2n) is 4.32. The van der Waals surface area contributed by atoms with Crippen molar-refractivity contribution < 1.29 is 19.4 Å². The van der Waals surface area contributed by atoms with Crippen LogP contribution in [-0.4, -0.2) is 49.9 Å². The van der Waals surface area contributed by atoms with E-state index in [4.69, 9.17) is 9.47 Å². The Bertz CT molecular complexity index is 391. The lowest BCUT2D eigenvalue weighted by molar-refractivity contribution is -0.137. The van der Waals surface area contributed by atoms with Crippen LogP contribution >= 0.6 is 0 Å². The number of aromatic hydroxyl groups is 1. The Hall–Kier alpha value is -1.59. The highest BCUT2D eigenvalue weighted by Gasteiger charge is 2.17. The highest BCUT2D eigenvalue weighted by atomic mass is 16.5. The zero-order valence-electron chi connectivity index (χ0n) is 11.6. The highest BCUT2D eigenvalue weighted by Crippen LogP contribution is 2.21. The molecule has 0 heterocycles. The molecule has 1 rings (SSSR count). The predicted molar refractivity (Wildman–Crippen MR) is 72.0 cm³/mol. The van der Waals surface area contributed by atoms with Crippen LogP contribution in [0.1, 0.15) is 18.5 Å². The number of carbonyl (C=O) groups is 1. The Morgan fingerprint density at radius 2 is 1.95 bits per heavy atom. The minimum absolute atomic E-state index is 0.0439. The molecule has 1 unspecified atom stereocenters. The largest absolute Gasteiger partial charge is 0.508 e. The molecule has 1 aromatic carbocycles. The fourth-order valence-electron chi connectivity index (χ4n) is 1.60. The van der Waals surface area contributed by atoms with Crippen molar-refractivity contribution in [2.75, 3.05) is 34.0 Å². The summed E-state index contributed by atoms with van der Waals surface area (Å²) >= 11 is 0. The number of nitrogens with zero attached hydrogens (tertiary/aromatic N) is 1. The molecule has 0 aliphatic carbocycles. The van der Waals surface area contributed by atoms with Gasteiger partial charge in [-0.3, -0.25) is 4.79 Å². The zero-order chi connectivity index (χ0) is 14.3. The summed E-state index contributed by atoms with van der Waals surface area (Å²) in [6.07, 6.45) is 0. The highest BCUT2D eigenvalue weighted by molar-refractivity contribution is 5.77. The first-order valence-corrected chi connectivity index (χ1v) is 6.17. The fourth-order valence-corrected chi connectivity index (χ4v) is 1.60. The maximum Gasteiger partial charge on any atom is 0.248 e. The van der Waals surface area contributed by atoms with E-state index in [0.29, 0.717) is 13.2 Å². The molecular formula is C14H21NO4. The summed E-state index contributed by atoms with van der Waals surface area (Å²) in [4.78, 5) is 13.5. The van der Waals surface area contributed by atoms with Crippen molar-refractivity contribution in [3.8, 4) is 5.75 Å². The Kier molecular flexibility index (Phi) is 6.32. The predicted octanol–water partition coefficient (Wildman–Crippen LogP) is 1.57. The number of carbonyl (C=O) groups excluding carboxylic acids is 1. The molecule has 0 aliphatic rings. The molecule has 0 aliphatic heterocycles. The van der Waals surface area contributed by atoms with Crippen molar-refractivity contribution >= 4 is 5.91 Å². The molecule has 1 aromatic rings. The van der Waals surface area contributed by atoms with Gasteiger partial charge in [0.1, 0.15) is 12.4 Å². The first kappa shape index (κ1) is 15.5. The number of benzene rings is 1. The molecule has 1 amide bonds. The molecule has 0 spiro atoms. The normalized spacial score (nSPS) is 12.2. The maximum atomic E-state index is 11.9. The molecule has 106 valence electrons. The number of methoxy groups -OCH3 is 1. The first-order valence-electron chi connectivity index (χ1n) is 6.17. The van der Waals surface area contributed by atoms with E-state index < -0.39 is 0 Å². The summed E-state index contributed by atoms with van der Waals surface area (Å²) in [6.45, 7) is 2.86. The van der Waals surface area contributed by atoms with Crippen LogP contribution in [0, 0.1) is 0 Å². The summed E-state index contributed by atoms with van der Waals surface area (Å²) in [5.74, 6) is 0.129. The number of rotatable bonds is 7. The van der Waals surface area contributed by atoms with Crippen LogP contribution in [0.2, 0.25) is 0 Å². The van der Waals surface area contributed by atoms with E-state index in [1.165, 1.54) is 0 Å². The number of phenolic OH excluding ortho intramolecular Hbond substituents is 1. The summed E-state index contributed by atoms with van der Waals surface area (Å²) < 4.78 is 10.0. The number of amides is 1. The van der Waals surface area contributed by atoms with E-state index in [9.17, 15) is 9.90 Å². The lowest BCUT2D eigenvalue weighted by Gasteiger charge is -2.25. The van der Waals surface area contributed by atoms with Crippen molar-refractivity contribution in [2.24, 2.45) is 0 Å². The quantitative estimate of drug-likeness (QED) is 0.762. The third kappa shape index (κ3) is 4.89. The van der Waals surface area contributed by atoms with Gasteiger partial charge in [0, 0.05) is 14.2 Å². The maximum absolute atomic E-state index is 11.9. The van der Waals surface area contributed by atoms with Crippen LogP contribution in [0.3, 0.4) is 0 Å². The van der Waals surface area contributed by atoms with Crippen molar-refractivity contribution in [1.82, 2.24) is 4.90 Å². The average molecular weight is 267 g/mol. The summed E-state index contributed by atoms with van der Waals surface area (Å²) in [6, 6.07) is 6.75. The molecule has 0 radical (unpaired) electrons. The van der Waals surface area contributed by atoms with Crippen molar-refractivity contribution in [2.45, 2.75) is 13.0 Å². The number of hydrogen-bond donors (Lipinski definition) is 1. The van der Waals surface area contributed by atoms with Crippen molar-refractivity contribution in [3.63, 3.8) is 0 Å². The topological polar surface area (TPSA) is 59.0 Å². The van der Waals surface area contributed by atoms with Gasteiger partial charge in [-0.25, -0.2) is 0 Å². The number of phenols is 1. The van der Waals surface area contributed by atoms with Gasteiger partial charge in [-0.05, 0) is 24.6 Å². The Labute approximate surface area is 113 Å². The molecular weight excluding hydrogens is 246 g/mol. The zero-order valence-corrected chi connectivity index (χ0v) is 11.6. The van der Waals surface area contributed by atoms with E-state index in [0.717, 1.165) is 5.56 Å². The van der Waals surface area contributed by atoms with Gasteiger partial charge in [-0.2, -0.15) is 0 Å². The second-order valence-corrected chi connectivity index (χ2v) is 4.32. The third-order valence-electron chi connectivity index (χ3n) is 3.01. The van der Waals surface area contributed by atoms with Gasteiger partial charge in [0.05, 0.1) is 19.3 Å². The molecule has 1 atom stereocenters. The molecule has 0 saturated heterocycles. The van der Waals surface area contributed by atoms with E-state index in [2.05, 4.69) is 0 Å². The van der Waals surface area contributed by atoms with Gasteiger partial charge < -0.3 is 19.5 Å². The lowest BCUT2D eigenvalue weighted by atomic mass is 10.1. The third-order valence-corrected chi connectivity index (χ3v) is 3.01. The Morgan fingerprint density at radius 3 is 2.53 bits per heavy atom. The minimum atomic E-state index is -0.0864. The SMILES string of the molecule is COCCOCC(=O)N(C)C(C)c1ccc(O)cc1. The molecule has 19 heavy (non-hydrogen) atoms. The molecule has 1 N–H and O–H groups in total. The molecule has 5 nitrogen and oxygen atoms in total. The van der Waals surface area contributed by atoms with Crippen LogP contribution in [0.5, 0.6) is 5.75 Å². The Morgan fingerprint density at radius 1 is 1.32 bits per heavy atom. The van der Waals surface area contributed by atoms with Crippen LogP contribution < -0.4 is 0 Å². The molecule has 5 heteroatoms. The van der Waals surface area contributed by atoms with Gasteiger partial charge in [0.25, 0.3) is 0 Å². The summed E-state index contributed by atoms with van der Waals surface area (Å²) in [5, 5.41) is 9.24. The number of hydrogen-bond acceptors (Lipinski definition) is 4. The fraction of sp³-hybridized carbons (Fsp3) is 0.500. The van der Waals surface area contributed by atoms with Gasteiger partial charge in [0.2, 0.25) is 5.91 Å². The van der Waals surface area contributed by atoms with E-state index in [1.807, 2.05) is 6.92 Å². The van der Waals surface area contributed by atoms with Crippen LogP contribution in [0.25, 0.3) is 0 Å². The smallest absolute Gasteiger partial charge is 0.248 e. The van der Waals surface area contributed by atoms with Gasteiger partial charge in [-0.15, -0.1) is 0 Å². The monoisotopic (exact) mass is 267 g/mol. The second kappa shape index (κ2) is 7.76. The molecule has 0 fully saturated rings. The first-order chi connectivity index (χ1) is 9.06. The molecule has 0 aromatic heterocycles. The van der Waals surface area contributed by atoms with Gasteiger partial charge in [0.15, 0.2) is 0 Å². The van der Waals surface area contributed by atoms with Gasteiger partial charge >= 0.3 is 0 Å². The summed E-state index contributed by atoms with van der Waals surface area (Å²) in [5.41, 5.74) is 0.963. The molecule has 0 saturated carbocycles. The van der Waals surface area contributed by atoms with Crippen molar-refractivity contribution in [1.29, 1.82) is 0 Å². The van der Waals surface area contributed by atoms with Crippen LogP contribution in [-0.2, 0) is 14.3 Å².